The molecule has 0 atom stereocenters. The Morgan fingerprint density at radius 1 is 1.23 bits per heavy atom. The fraction of sp³-hybridized carbons (Fsp3) is 0.375. The smallest absolute Gasteiger partial charge is 0.274 e. The lowest BCUT2D eigenvalue weighted by Crippen LogP contribution is -2.40. The van der Waals surface area contributed by atoms with E-state index in [4.69, 9.17) is 9.47 Å². The van der Waals surface area contributed by atoms with Crippen LogP contribution in [0.4, 0.5) is 0 Å². The van der Waals surface area contributed by atoms with E-state index in [0.717, 1.165) is 17.0 Å². The molecule has 22 heavy (non-hydrogen) atoms. The third kappa shape index (κ3) is 2.82. The lowest BCUT2D eigenvalue weighted by atomic mass is 10.1. The van der Waals surface area contributed by atoms with Crippen molar-refractivity contribution < 1.29 is 14.3 Å². The second-order valence-electron chi connectivity index (χ2n) is 5.17. The Morgan fingerprint density at radius 3 is 2.55 bits per heavy atom. The van der Waals surface area contributed by atoms with E-state index in [0.29, 0.717) is 32.0 Å². The maximum Gasteiger partial charge on any atom is 0.274 e. The van der Waals surface area contributed by atoms with Gasteiger partial charge in [-0.15, -0.1) is 0 Å². The van der Waals surface area contributed by atoms with Crippen LogP contribution in [-0.2, 0) is 11.8 Å². The summed E-state index contributed by atoms with van der Waals surface area (Å²) in [4.78, 5) is 14.3. The fourth-order valence-electron chi connectivity index (χ4n) is 2.53. The zero-order chi connectivity index (χ0) is 15.5. The molecule has 0 N–H and O–H groups in total. The number of hydrogen-bond acceptors (Lipinski definition) is 4. The molecule has 0 bridgehead atoms. The van der Waals surface area contributed by atoms with Gasteiger partial charge < -0.3 is 14.4 Å². The standard InChI is InChI=1S/C16H19N3O3/c1-18-15(12-3-5-13(21-2)6-4-12)11-14(17-18)16(20)19-7-9-22-10-8-19/h3-6,11H,7-10H2,1-2H3. The van der Waals surface area contributed by atoms with Crippen LogP contribution in [0.15, 0.2) is 30.3 Å². The molecule has 1 aliphatic heterocycles. The summed E-state index contributed by atoms with van der Waals surface area (Å²) in [5.41, 5.74) is 2.37. The van der Waals surface area contributed by atoms with Gasteiger partial charge in [-0.1, -0.05) is 0 Å². The first kappa shape index (κ1) is 14.6. The molecule has 0 radical (unpaired) electrons. The molecule has 0 spiro atoms. The first-order chi connectivity index (χ1) is 10.7. The van der Waals surface area contributed by atoms with Crippen LogP contribution in [-0.4, -0.2) is 54.0 Å². The lowest BCUT2D eigenvalue weighted by Gasteiger charge is -2.25. The minimum Gasteiger partial charge on any atom is -0.497 e. The van der Waals surface area contributed by atoms with Gasteiger partial charge in [-0.2, -0.15) is 5.10 Å². The summed E-state index contributed by atoms with van der Waals surface area (Å²) in [6, 6.07) is 9.54. The number of carbonyl (C=O) groups is 1. The number of benzene rings is 1. The quantitative estimate of drug-likeness (QED) is 0.863. The van der Waals surface area contributed by atoms with Crippen LogP contribution in [0.3, 0.4) is 0 Å². The summed E-state index contributed by atoms with van der Waals surface area (Å²) >= 11 is 0. The molecule has 0 aliphatic carbocycles. The van der Waals surface area contributed by atoms with Gasteiger partial charge in [0.2, 0.25) is 0 Å². The number of aromatic nitrogens is 2. The van der Waals surface area contributed by atoms with Gasteiger partial charge in [0.25, 0.3) is 5.91 Å². The average Bonchev–Trinajstić information content (AvgIpc) is 2.97. The molecule has 1 aliphatic rings. The van der Waals surface area contributed by atoms with E-state index < -0.39 is 0 Å². The Bertz CT molecular complexity index is 658. The molecular weight excluding hydrogens is 282 g/mol. The van der Waals surface area contributed by atoms with Gasteiger partial charge in [0, 0.05) is 25.7 Å². The lowest BCUT2D eigenvalue weighted by molar-refractivity contribution is 0.0298. The molecule has 116 valence electrons. The zero-order valence-electron chi connectivity index (χ0n) is 12.8. The summed E-state index contributed by atoms with van der Waals surface area (Å²) < 4.78 is 12.2. The van der Waals surface area contributed by atoms with Gasteiger partial charge in [-0.25, -0.2) is 0 Å². The molecule has 0 unspecified atom stereocenters. The molecular formula is C16H19N3O3. The Kier molecular flexibility index (Phi) is 4.11. The molecule has 1 aromatic heterocycles. The van der Waals surface area contributed by atoms with E-state index in [1.807, 2.05) is 37.4 Å². The fourth-order valence-corrected chi connectivity index (χ4v) is 2.53. The number of ether oxygens (including phenoxy) is 2. The van der Waals surface area contributed by atoms with Crippen LogP contribution in [0.25, 0.3) is 11.3 Å². The van der Waals surface area contributed by atoms with Crippen molar-refractivity contribution in [3.8, 4) is 17.0 Å². The molecule has 0 saturated carbocycles. The summed E-state index contributed by atoms with van der Waals surface area (Å²) in [7, 11) is 3.48. The first-order valence-corrected chi connectivity index (χ1v) is 7.24. The molecule has 6 nitrogen and oxygen atoms in total. The normalized spacial score (nSPS) is 14.9. The molecule has 2 aromatic rings. The van der Waals surface area contributed by atoms with E-state index in [-0.39, 0.29) is 5.91 Å². The third-order valence-electron chi connectivity index (χ3n) is 3.78. The van der Waals surface area contributed by atoms with Crippen LogP contribution in [0.2, 0.25) is 0 Å². The number of hydrogen-bond donors (Lipinski definition) is 0. The minimum atomic E-state index is -0.0429. The van der Waals surface area contributed by atoms with Crippen molar-refractivity contribution in [1.82, 2.24) is 14.7 Å². The zero-order valence-corrected chi connectivity index (χ0v) is 12.8. The van der Waals surface area contributed by atoms with E-state index in [9.17, 15) is 4.79 Å². The topological polar surface area (TPSA) is 56.6 Å². The van der Waals surface area contributed by atoms with E-state index in [1.165, 1.54) is 0 Å². The van der Waals surface area contributed by atoms with Gasteiger partial charge in [0.05, 0.1) is 26.0 Å². The molecule has 1 saturated heterocycles. The van der Waals surface area contributed by atoms with Crippen LogP contribution >= 0.6 is 0 Å². The summed E-state index contributed by atoms with van der Waals surface area (Å²) in [5.74, 6) is 0.759. The van der Waals surface area contributed by atoms with Crippen molar-refractivity contribution in [3.05, 3.63) is 36.0 Å². The SMILES string of the molecule is COc1ccc(-c2cc(C(=O)N3CCOCC3)nn2C)cc1. The Morgan fingerprint density at radius 2 is 1.91 bits per heavy atom. The highest BCUT2D eigenvalue weighted by molar-refractivity contribution is 5.93. The Balaban J connectivity index is 1.84. The Labute approximate surface area is 129 Å². The first-order valence-electron chi connectivity index (χ1n) is 7.24. The van der Waals surface area contributed by atoms with E-state index in [2.05, 4.69) is 5.10 Å². The number of aryl methyl sites for hydroxylation is 1. The highest BCUT2D eigenvalue weighted by Crippen LogP contribution is 2.23. The number of morpholine rings is 1. The van der Waals surface area contributed by atoms with Crippen LogP contribution in [0, 0.1) is 0 Å². The van der Waals surface area contributed by atoms with Gasteiger partial charge in [0.1, 0.15) is 5.75 Å². The van der Waals surface area contributed by atoms with Gasteiger partial charge in [0.15, 0.2) is 5.69 Å². The van der Waals surface area contributed by atoms with Gasteiger partial charge in [-0.05, 0) is 30.3 Å². The van der Waals surface area contributed by atoms with Crippen LogP contribution in [0.1, 0.15) is 10.5 Å². The molecule has 3 rings (SSSR count). The molecule has 6 heteroatoms. The van der Waals surface area contributed by atoms with Crippen molar-refractivity contribution in [2.45, 2.75) is 0 Å². The maximum absolute atomic E-state index is 12.5. The van der Waals surface area contributed by atoms with Crippen molar-refractivity contribution in [3.63, 3.8) is 0 Å². The summed E-state index contributed by atoms with van der Waals surface area (Å²) in [6.07, 6.45) is 0. The number of methoxy groups -OCH3 is 1. The highest BCUT2D eigenvalue weighted by Gasteiger charge is 2.22. The van der Waals surface area contributed by atoms with Gasteiger partial charge in [-0.3, -0.25) is 9.48 Å². The third-order valence-corrected chi connectivity index (χ3v) is 3.78. The minimum absolute atomic E-state index is 0.0429. The predicted octanol–water partition coefficient (Wildman–Crippen LogP) is 1.57. The summed E-state index contributed by atoms with van der Waals surface area (Å²) in [6.45, 7) is 2.41. The molecule has 1 aromatic carbocycles. The molecule has 1 amide bonds. The number of nitrogens with zero attached hydrogens (tertiary/aromatic N) is 3. The number of amides is 1. The van der Waals surface area contributed by atoms with Crippen molar-refractivity contribution in [2.24, 2.45) is 7.05 Å². The van der Waals surface area contributed by atoms with Crippen molar-refractivity contribution >= 4 is 5.91 Å². The molecule has 2 heterocycles. The van der Waals surface area contributed by atoms with Crippen LogP contribution in [0.5, 0.6) is 5.75 Å². The largest absolute Gasteiger partial charge is 0.497 e. The van der Waals surface area contributed by atoms with Crippen LogP contribution < -0.4 is 4.74 Å². The average molecular weight is 301 g/mol. The van der Waals surface area contributed by atoms with Crippen molar-refractivity contribution in [2.75, 3.05) is 33.4 Å². The number of carbonyl (C=O) groups excluding carboxylic acids is 1. The molecule has 1 fully saturated rings. The van der Waals surface area contributed by atoms with E-state index in [1.54, 1.807) is 16.7 Å². The van der Waals surface area contributed by atoms with Gasteiger partial charge >= 0.3 is 0 Å². The van der Waals surface area contributed by atoms with E-state index >= 15 is 0 Å². The predicted molar refractivity (Wildman–Crippen MR) is 81.9 cm³/mol. The second-order valence-corrected chi connectivity index (χ2v) is 5.17. The second kappa shape index (κ2) is 6.19. The Hall–Kier alpha value is -2.34. The summed E-state index contributed by atoms with van der Waals surface area (Å²) in [5, 5.41) is 4.36. The monoisotopic (exact) mass is 301 g/mol. The highest BCUT2D eigenvalue weighted by atomic mass is 16.5. The number of rotatable bonds is 3. The maximum atomic E-state index is 12.5. The van der Waals surface area contributed by atoms with Crippen molar-refractivity contribution in [1.29, 1.82) is 0 Å².